The lowest BCUT2D eigenvalue weighted by Gasteiger charge is -2.18. The van der Waals surface area contributed by atoms with Gasteiger partial charge in [0.1, 0.15) is 0 Å². The summed E-state index contributed by atoms with van der Waals surface area (Å²) in [6.45, 7) is 3.16. The molecule has 0 saturated carbocycles. The van der Waals surface area contributed by atoms with Crippen LogP contribution in [-0.2, 0) is 7.05 Å². The second-order valence-electron chi connectivity index (χ2n) is 4.30. The summed E-state index contributed by atoms with van der Waals surface area (Å²) in [4.78, 5) is 0. The summed E-state index contributed by atoms with van der Waals surface area (Å²) < 4.78 is 1.91. The quantitative estimate of drug-likeness (QED) is 0.768. The molecule has 0 aliphatic heterocycles. The van der Waals surface area contributed by atoms with Crippen molar-refractivity contribution in [3.63, 3.8) is 0 Å². The molecule has 2 rings (SSSR count). The molecule has 0 radical (unpaired) electrons. The maximum atomic E-state index is 4.22. The highest BCUT2D eigenvalue weighted by Crippen LogP contribution is 2.20. The summed E-state index contributed by atoms with van der Waals surface area (Å²) in [6.07, 6.45) is 10.2. The van der Waals surface area contributed by atoms with E-state index in [2.05, 4.69) is 29.5 Å². The first-order chi connectivity index (χ1) is 7.27. The van der Waals surface area contributed by atoms with Gasteiger partial charge in [0.2, 0.25) is 0 Å². The van der Waals surface area contributed by atoms with Crippen molar-refractivity contribution in [1.82, 2.24) is 9.78 Å². The Balaban J connectivity index is 1.87. The Morgan fingerprint density at radius 2 is 2.40 bits per heavy atom. The fourth-order valence-corrected chi connectivity index (χ4v) is 1.97. The van der Waals surface area contributed by atoms with Gasteiger partial charge in [-0.3, -0.25) is 4.68 Å². The van der Waals surface area contributed by atoms with E-state index in [1.54, 1.807) is 0 Å². The minimum atomic E-state index is 0.787. The van der Waals surface area contributed by atoms with Crippen LogP contribution in [0.2, 0.25) is 0 Å². The molecule has 1 aromatic heterocycles. The Bertz CT molecular complexity index is 352. The number of aryl methyl sites for hydroxylation is 1. The molecule has 1 aliphatic rings. The first-order valence-corrected chi connectivity index (χ1v) is 5.65. The van der Waals surface area contributed by atoms with Gasteiger partial charge >= 0.3 is 0 Å². The molecule has 3 heteroatoms. The predicted molar refractivity (Wildman–Crippen MR) is 62.9 cm³/mol. The van der Waals surface area contributed by atoms with Gasteiger partial charge in [-0.2, -0.15) is 5.10 Å². The smallest absolute Gasteiger partial charge is 0.0756 e. The highest BCUT2D eigenvalue weighted by molar-refractivity contribution is 5.45. The van der Waals surface area contributed by atoms with Gasteiger partial charge in [-0.15, -0.1) is 0 Å². The van der Waals surface area contributed by atoms with Gasteiger partial charge in [0.15, 0.2) is 0 Å². The minimum Gasteiger partial charge on any atom is -0.382 e. The number of nitrogens with zero attached hydrogens (tertiary/aromatic N) is 2. The van der Waals surface area contributed by atoms with E-state index in [0.717, 1.165) is 12.5 Å². The van der Waals surface area contributed by atoms with Gasteiger partial charge in [0.05, 0.1) is 17.6 Å². The molecule has 0 saturated heterocycles. The van der Waals surface area contributed by atoms with Crippen LogP contribution in [0.4, 0.5) is 5.69 Å². The van der Waals surface area contributed by atoms with E-state index >= 15 is 0 Å². The zero-order valence-electron chi connectivity index (χ0n) is 9.53. The van der Waals surface area contributed by atoms with E-state index in [4.69, 9.17) is 0 Å². The molecule has 1 aliphatic carbocycles. The summed E-state index contributed by atoms with van der Waals surface area (Å²) in [5.41, 5.74) is 2.38. The SMILES string of the molecule is Cc1c(NCC2CC=CCC2)cnn1C. The number of anilines is 1. The van der Waals surface area contributed by atoms with Crippen LogP contribution in [0, 0.1) is 12.8 Å². The fraction of sp³-hybridized carbons (Fsp3) is 0.583. The molecule has 0 fully saturated rings. The molecule has 1 N–H and O–H groups in total. The number of aromatic nitrogens is 2. The highest BCUT2D eigenvalue weighted by Gasteiger charge is 2.10. The highest BCUT2D eigenvalue weighted by atomic mass is 15.3. The van der Waals surface area contributed by atoms with Gasteiger partial charge < -0.3 is 5.32 Å². The lowest BCUT2D eigenvalue weighted by atomic mass is 9.94. The summed E-state index contributed by atoms with van der Waals surface area (Å²) >= 11 is 0. The summed E-state index contributed by atoms with van der Waals surface area (Å²) in [6, 6.07) is 0. The molecule has 0 aromatic carbocycles. The normalized spacial score (nSPS) is 20.5. The van der Waals surface area contributed by atoms with Crippen molar-refractivity contribution < 1.29 is 0 Å². The number of allylic oxidation sites excluding steroid dienone is 2. The largest absolute Gasteiger partial charge is 0.382 e. The van der Waals surface area contributed by atoms with Crippen molar-refractivity contribution in [3.05, 3.63) is 24.0 Å². The molecular weight excluding hydrogens is 186 g/mol. The number of rotatable bonds is 3. The second-order valence-corrected chi connectivity index (χ2v) is 4.30. The topological polar surface area (TPSA) is 29.9 Å². The Morgan fingerprint density at radius 3 is 3.00 bits per heavy atom. The molecule has 1 atom stereocenters. The summed E-state index contributed by atoms with van der Waals surface area (Å²) in [5.74, 6) is 0.787. The van der Waals surface area contributed by atoms with E-state index < -0.39 is 0 Å². The van der Waals surface area contributed by atoms with Gasteiger partial charge in [-0.05, 0) is 32.1 Å². The molecule has 15 heavy (non-hydrogen) atoms. The lowest BCUT2D eigenvalue weighted by molar-refractivity contribution is 0.504. The molecule has 3 nitrogen and oxygen atoms in total. The van der Waals surface area contributed by atoms with E-state index in [9.17, 15) is 0 Å². The van der Waals surface area contributed by atoms with Gasteiger partial charge in [-0.1, -0.05) is 12.2 Å². The van der Waals surface area contributed by atoms with Crippen LogP contribution in [-0.4, -0.2) is 16.3 Å². The molecule has 82 valence electrons. The molecular formula is C12H19N3. The van der Waals surface area contributed by atoms with Crippen LogP contribution in [0.25, 0.3) is 0 Å². The molecule has 0 spiro atoms. The van der Waals surface area contributed by atoms with Crippen molar-refractivity contribution in [3.8, 4) is 0 Å². The lowest BCUT2D eigenvalue weighted by Crippen LogP contribution is -2.15. The molecule has 1 unspecified atom stereocenters. The predicted octanol–water partition coefficient (Wildman–Crippen LogP) is 2.50. The van der Waals surface area contributed by atoms with Crippen LogP contribution in [0.5, 0.6) is 0 Å². The van der Waals surface area contributed by atoms with Crippen molar-refractivity contribution >= 4 is 5.69 Å². The van der Waals surface area contributed by atoms with E-state index in [0.29, 0.717) is 0 Å². The Morgan fingerprint density at radius 1 is 1.53 bits per heavy atom. The second kappa shape index (κ2) is 4.51. The van der Waals surface area contributed by atoms with Crippen LogP contribution >= 0.6 is 0 Å². The first-order valence-electron chi connectivity index (χ1n) is 5.65. The number of nitrogens with one attached hydrogen (secondary N) is 1. The van der Waals surface area contributed by atoms with Gasteiger partial charge in [-0.25, -0.2) is 0 Å². The number of hydrogen-bond donors (Lipinski definition) is 1. The van der Waals surface area contributed by atoms with Gasteiger partial charge in [0, 0.05) is 13.6 Å². The van der Waals surface area contributed by atoms with Crippen molar-refractivity contribution in [1.29, 1.82) is 0 Å². The minimum absolute atomic E-state index is 0.787. The van der Waals surface area contributed by atoms with Crippen LogP contribution in [0.15, 0.2) is 18.3 Å². The van der Waals surface area contributed by atoms with Gasteiger partial charge in [0.25, 0.3) is 0 Å². The molecule has 0 bridgehead atoms. The standard InChI is InChI=1S/C12H19N3/c1-10-12(9-14-15(10)2)13-8-11-6-4-3-5-7-11/h3-4,9,11,13H,5-8H2,1-2H3. The Labute approximate surface area is 91.2 Å². The van der Waals surface area contributed by atoms with E-state index in [1.807, 2.05) is 17.9 Å². The molecule has 1 aromatic rings. The van der Waals surface area contributed by atoms with E-state index in [1.165, 1.54) is 30.6 Å². The number of hydrogen-bond acceptors (Lipinski definition) is 2. The third kappa shape index (κ3) is 2.41. The first kappa shape index (κ1) is 10.3. The summed E-state index contributed by atoms with van der Waals surface area (Å²) in [5, 5.41) is 7.71. The van der Waals surface area contributed by atoms with Crippen molar-refractivity contribution in [2.75, 3.05) is 11.9 Å². The maximum Gasteiger partial charge on any atom is 0.0756 e. The zero-order valence-corrected chi connectivity index (χ0v) is 9.53. The maximum absolute atomic E-state index is 4.22. The molecule has 1 heterocycles. The zero-order chi connectivity index (χ0) is 10.7. The fourth-order valence-electron chi connectivity index (χ4n) is 1.97. The van der Waals surface area contributed by atoms with Crippen LogP contribution in [0.3, 0.4) is 0 Å². The third-order valence-corrected chi connectivity index (χ3v) is 3.19. The van der Waals surface area contributed by atoms with Crippen LogP contribution < -0.4 is 5.32 Å². The average Bonchev–Trinajstić information content (AvgIpc) is 2.59. The van der Waals surface area contributed by atoms with Crippen molar-refractivity contribution in [2.45, 2.75) is 26.2 Å². The average molecular weight is 205 g/mol. The summed E-state index contributed by atoms with van der Waals surface area (Å²) in [7, 11) is 1.98. The Kier molecular flexibility index (Phi) is 3.09. The Hall–Kier alpha value is -1.25. The molecule has 0 amide bonds. The van der Waals surface area contributed by atoms with E-state index in [-0.39, 0.29) is 0 Å². The monoisotopic (exact) mass is 205 g/mol. The van der Waals surface area contributed by atoms with Crippen LogP contribution in [0.1, 0.15) is 25.0 Å². The van der Waals surface area contributed by atoms with Crippen molar-refractivity contribution in [2.24, 2.45) is 13.0 Å². The third-order valence-electron chi connectivity index (χ3n) is 3.19.